The Morgan fingerprint density at radius 1 is 1.04 bits per heavy atom. The zero-order valence-electron chi connectivity index (χ0n) is 13.6. The number of para-hydroxylation sites is 1. The number of rotatable bonds is 4. The molecule has 1 N–H and O–H groups in total. The van der Waals surface area contributed by atoms with E-state index in [-0.39, 0.29) is 0 Å². The Bertz CT molecular complexity index is 742. The molecule has 0 aliphatic carbocycles. The van der Waals surface area contributed by atoms with Crippen molar-refractivity contribution in [2.75, 3.05) is 26.0 Å². The van der Waals surface area contributed by atoms with E-state index in [1.165, 1.54) is 17.8 Å². The molecule has 1 aliphatic heterocycles. The Hall–Kier alpha value is -1.66. The third-order valence-corrected chi connectivity index (χ3v) is 5.11. The molecule has 0 atom stereocenters. The molecule has 0 saturated heterocycles. The predicted molar refractivity (Wildman–Crippen MR) is 92.2 cm³/mol. The van der Waals surface area contributed by atoms with Crippen molar-refractivity contribution >= 4 is 23.1 Å². The summed E-state index contributed by atoms with van der Waals surface area (Å²) in [6.45, 7) is 0.755. The average Bonchev–Trinajstić information content (AvgIpc) is 2.51. The number of anilines is 2. The lowest BCUT2D eigenvalue weighted by atomic mass is 9.99. The SMILES string of the molecule is CN(C)CCCc1c(C(F)(F)F)ccc2c1Nc1ccccc1S2. The van der Waals surface area contributed by atoms with Gasteiger partial charge in [-0.3, -0.25) is 0 Å². The van der Waals surface area contributed by atoms with Crippen LogP contribution in [0.5, 0.6) is 0 Å². The van der Waals surface area contributed by atoms with Gasteiger partial charge in [0.05, 0.1) is 16.9 Å². The predicted octanol–water partition coefficient (Wildman–Crippen LogP) is 5.41. The molecule has 2 aromatic carbocycles. The average molecular weight is 352 g/mol. The maximum Gasteiger partial charge on any atom is 0.416 e. The van der Waals surface area contributed by atoms with Crippen LogP contribution in [-0.2, 0) is 12.6 Å². The summed E-state index contributed by atoms with van der Waals surface area (Å²) in [5.41, 5.74) is 1.30. The molecule has 24 heavy (non-hydrogen) atoms. The Morgan fingerprint density at radius 3 is 2.50 bits per heavy atom. The van der Waals surface area contributed by atoms with Crippen LogP contribution in [0.2, 0.25) is 0 Å². The van der Waals surface area contributed by atoms with Gasteiger partial charge in [-0.15, -0.1) is 0 Å². The molecule has 0 unspecified atom stereocenters. The highest BCUT2D eigenvalue weighted by Crippen LogP contribution is 2.48. The molecule has 0 aromatic heterocycles. The van der Waals surface area contributed by atoms with Crippen LogP contribution in [0.1, 0.15) is 17.5 Å². The van der Waals surface area contributed by atoms with Crippen molar-refractivity contribution in [1.29, 1.82) is 0 Å². The molecular weight excluding hydrogens is 333 g/mol. The van der Waals surface area contributed by atoms with Crippen molar-refractivity contribution in [3.8, 4) is 0 Å². The first kappa shape index (κ1) is 17.2. The summed E-state index contributed by atoms with van der Waals surface area (Å²) >= 11 is 1.52. The third kappa shape index (κ3) is 3.54. The van der Waals surface area contributed by atoms with E-state index in [2.05, 4.69) is 5.32 Å². The number of hydrogen-bond donors (Lipinski definition) is 1. The molecule has 128 valence electrons. The zero-order valence-corrected chi connectivity index (χ0v) is 14.4. The van der Waals surface area contributed by atoms with E-state index >= 15 is 0 Å². The second-order valence-electron chi connectivity index (χ2n) is 6.09. The van der Waals surface area contributed by atoms with E-state index in [1.807, 2.05) is 43.3 Å². The van der Waals surface area contributed by atoms with Crippen molar-refractivity contribution in [1.82, 2.24) is 4.90 Å². The van der Waals surface area contributed by atoms with Crippen molar-refractivity contribution in [3.63, 3.8) is 0 Å². The van der Waals surface area contributed by atoms with Gasteiger partial charge < -0.3 is 10.2 Å². The molecule has 0 fully saturated rings. The first-order valence-electron chi connectivity index (χ1n) is 7.78. The van der Waals surface area contributed by atoms with Gasteiger partial charge in [-0.25, -0.2) is 0 Å². The van der Waals surface area contributed by atoms with Crippen molar-refractivity contribution in [2.24, 2.45) is 0 Å². The van der Waals surface area contributed by atoms with Crippen molar-refractivity contribution in [3.05, 3.63) is 47.5 Å². The molecule has 1 heterocycles. The molecule has 0 saturated carbocycles. The quantitative estimate of drug-likeness (QED) is 0.676. The fourth-order valence-corrected chi connectivity index (χ4v) is 3.88. The van der Waals surface area contributed by atoms with E-state index in [0.717, 1.165) is 22.0 Å². The molecule has 0 radical (unpaired) electrons. The largest absolute Gasteiger partial charge is 0.416 e. The molecular formula is C18H19F3N2S. The van der Waals surface area contributed by atoms with Gasteiger partial charge in [0.15, 0.2) is 0 Å². The summed E-state index contributed by atoms with van der Waals surface area (Å²) in [6, 6.07) is 10.5. The lowest BCUT2D eigenvalue weighted by Crippen LogP contribution is -2.17. The number of nitrogens with one attached hydrogen (secondary N) is 1. The maximum atomic E-state index is 13.5. The molecule has 1 aliphatic rings. The number of nitrogens with zero attached hydrogens (tertiary/aromatic N) is 1. The highest BCUT2D eigenvalue weighted by Gasteiger charge is 2.35. The van der Waals surface area contributed by atoms with Crippen LogP contribution < -0.4 is 5.32 Å². The van der Waals surface area contributed by atoms with Crippen molar-refractivity contribution in [2.45, 2.75) is 28.8 Å². The van der Waals surface area contributed by atoms with Gasteiger partial charge in [0.25, 0.3) is 0 Å². The van der Waals surface area contributed by atoms with Gasteiger partial charge in [-0.1, -0.05) is 23.9 Å². The van der Waals surface area contributed by atoms with Gasteiger partial charge in [0.1, 0.15) is 0 Å². The van der Waals surface area contributed by atoms with E-state index in [0.29, 0.717) is 24.1 Å². The monoisotopic (exact) mass is 352 g/mol. The van der Waals surface area contributed by atoms with Crippen LogP contribution in [0.15, 0.2) is 46.2 Å². The fraction of sp³-hybridized carbons (Fsp3) is 0.333. The first-order valence-corrected chi connectivity index (χ1v) is 8.59. The summed E-state index contributed by atoms with van der Waals surface area (Å²) in [6.07, 6.45) is -3.27. The lowest BCUT2D eigenvalue weighted by Gasteiger charge is -2.26. The number of halogens is 3. The second kappa shape index (κ2) is 6.69. The summed E-state index contributed by atoms with van der Waals surface area (Å²) in [4.78, 5) is 3.87. The van der Waals surface area contributed by atoms with Gasteiger partial charge in [0.2, 0.25) is 0 Å². The van der Waals surface area contributed by atoms with E-state index in [9.17, 15) is 13.2 Å². The number of fused-ring (bicyclic) bond motifs is 2. The molecule has 6 heteroatoms. The van der Waals surface area contributed by atoms with Gasteiger partial charge in [0, 0.05) is 9.79 Å². The van der Waals surface area contributed by atoms with Crippen molar-refractivity contribution < 1.29 is 13.2 Å². The zero-order chi connectivity index (χ0) is 17.3. The first-order chi connectivity index (χ1) is 11.4. The third-order valence-electron chi connectivity index (χ3n) is 3.98. The summed E-state index contributed by atoms with van der Waals surface area (Å²) in [7, 11) is 3.85. The van der Waals surface area contributed by atoms with Gasteiger partial charge in [-0.2, -0.15) is 13.2 Å². The minimum Gasteiger partial charge on any atom is -0.353 e. The van der Waals surface area contributed by atoms with E-state index in [4.69, 9.17) is 0 Å². The summed E-state index contributed by atoms with van der Waals surface area (Å²) in [5.74, 6) is 0. The molecule has 0 bridgehead atoms. The van der Waals surface area contributed by atoms with Crippen LogP contribution in [-0.4, -0.2) is 25.5 Å². The normalized spacial score (nSPS) is 13.4. The molecule has 3 rings (SSSR count). The Balaban J connectivity index is 2.01. The van der Waals surface area contributed by atoms with Crippen LogP contribution >= 0.6 is 11.8 Å². The van der Waals surface area contributed by atoms with Crippen LogP contribution in [0.3, 0.4) is 0 Å². The summed E-state index contributed by atoms with van der Waals surface area (Å²) in [5, 5.41) is 3.23. The molecule has 0 amide bonds. The Kier molecular flexibility index (Phi) is 4.78. The van der Waals surface area contributed by atoms with Crippen LogP contribution in [0.4, 0.5) is 24.5 Å². The smallest absolute Gasteiger partial charge is 0.353 e. The highest BCUT2D eigenvalue weighted by molar-refractivity contribution is 7.99. The maximum absolute atomic E-state index is 13.5. The lowest BCUT2D eigenvalue weighted by molar-refractivity contribution is -0.138. The minimum absolute atomic E-state index is 0.365. The topological polar surface area (TPSA) is 15.3 Å². The standard InChI is InChI=1S/C18H19F3N2S/c1-23(2)11-5-6-12-13(18(19,20)21)9-10-16-17(12)22-14-7-3-4-8-15(14)24-16/h3-4,7-10,22H,5-6,11H2,1-2H3. The second-order valence-corrected chi connectivity index (χ2v) is 7.18. The molecule has 0 spiro atoms. The fourth-order valence-electron chi connectivity index (χ4n) is 2.86. The number of benzene rings is 2. The number of hydrogen-bond acceptors (Lipinski definition) is 3. The minimum atomic E-state index is -4.34. The van der Waals surface area contributed by atoms with Gasteiger partial charge in [-0.05, 0) is 63.3 Å². The molecule has 2 aromatic rings. The van der Waals surface area contributed by atoms with E-state index in [1.54, 1.807) is 6.07 Å². The van der Waals surface area contributed by atoms with Gasteiger partial charge >= 0.3 is 6.18 Å². The Morgan fingerprint density at radius 2 is 1.79 bits per heavy atom. The Labute approximate surface area is 144 Å². The van der Waals surface area contributed by atoms with Crippen LogP contribution in [0, 0.1) is 0 Å². The number of alkyl halides is 3. The van der Waals surface area contributed by atoms with E-state index < -0.39 is 11.7 Å². The molecule has 2 nitrogen and oxygen atoms in total. The van der Waals surface area contributed by atoms with Crippen LogP contribution in [0.25, 0.3) is 0 Å². The highest BCUT2D eigenvalue weighted by atomic mass is 32.2. The summed E-state index contributed by atoms with van der Waals surface area (Å²) < 4.78 is 40.4.